The van der Waals surface area contributed by atoms with Crippen LogP contribution in [0, 0.1) is 23.2 Å². The van der Waals surface area contributed by atoms with Crippen molar-refractivity contribution >= 4 is 23.5 Å². The van der Waals surface area contributed by atoms with Gasteiger partial charge < -0.3 is 14.5 Å². The Kier molecular flexibility index (Phi) is 6.69. The molecule has 1 aliphatic rings. The minimum Gasteiger partial charge on any atom is -0.466 e. The number of ether oxygens (including phenoxy) is 1. The van der Waals surface area contributed by atoms with Crippen molar-refractivity contribution in [1.29, 1.82) is 5.26 Å². The van der Waals surface area contributed by atoms with E-state index < -0.39 is 5.97 Å². The lowest BCUT2D eigenvalue weighted by Gasteiger charge is -2.19. The Balaban J connectivity index is 1.88. The van der Waals surface area contributed by atoms with Gasteiger partial charge in [0, 0.05) is 24.7 Å². The number of likely N-dealkylation sites (N-methyl/N-ethyl adjacent to an activating group) is 1. The summed E-state index contributed by atoms with van der Waals surface area (Å²) in [4.78, 5) is 40.1. The molecule has 2 aromatic rings. The van der Waals surface area contributed by atoms with E-state index in [0.717, 1.165) is 5.56 Å². The van der Waals surface area contributed by atoms with Gasteiger partial charge in [-0.25, -0.2) is 0 Å². The van der Waals surface area contributed by atoms with Gasteiger partial charge in [0.25, 0.3) is 5.91 Å². The highest BCUT2D eigenvalue weighted by Crippen LogP contribution is 2.26. The van der Waals surface area contributed by atoms with Crippen LogP contribution in [0.25, 0.3) is 0 Å². The molecule has 0 unspecified atom stereocenters. The number of esters is 1. The van der Waals surface area contributed by atoms with E-state index in [0.29, 0.717) is 22.4 Å². The second-order valence-corrected chi connectivity index (χ2v) is 6.91. The van der Waals surface area contributed by atoms with Gasteiger partial charge in [-0.3, -0.25) is 14.4 Å². The second kappa shape index (κ2) is 9.60. The molecule has 2 aromatic carbocycles. The molecular formula is C24H21N3O4. The highest BCUT2D eigenvalue weighted by molar-refractivity contribution is 6.09. The number of carbonyl (C=O) groups excluding carboxylic acids is 3. The van der Waals surface area contributed by atoms with Gasteiger partial charge >= 0.3 is 5.97 Å². The summed E-state index contributed by atoms with van der Waals surface area (Å²) in [6.45, 7) is 1.95. The fourth-order valence-electron chi connectivity index (χ4n) is 3.14. The van der Waals surface area contributed by atoms with Crippen LogP contribution in [0.4, 0.5) is 5.69 Å². The lowest BCUT2D eigenvalue weighted by Crippen LogP contribution is -2.39. The molecule has 0 aliphatic carbocycles. The van der Waals surface area contributed by atoms with E-state index in [-0.39, 0.29) is 37.9 Å². The summed E-state index contributed by atoms with van der Waals surface area (Å²) in [5, 5.41) is 8.88. The first-order valence-electron chi connectivity index (χ1n) is 9.80. The molecule has 0 aromatic heterocycles. The third-order valence-corrected chi connectivity index (χ3v) is 4.83. The summed E-state index contributed by atoms with van der Waals surface area (Å²) in [5.74, 6) is 5.03. The number of carbonyl (C=O) groups is 3. The first-order valence-corrected chi connectivity index (χ1v) is 9.80. The number of hydrogen-bond donors (Lipinski definition) is 0. The van der Waals surface area contributed by atoms with E-state index in [1.807, 2.05) is 0 Å². The van der Waals surface area contributed by atoms with E-state index in [1.54, 1.807) is 56.4 Å². The molecule has 156 valence electrons. The van der Waals surface area contributed by atoms with E-state index in [1.165, 1.54) is 9.80 Å². The van der Waals surface area contributed by atoms with Crippen LogP contribution in [0.3, 0.4) is 0 Å². The number of fused-ring (bicyclic) bond motifs is 1. The number of nitriles is 1. The average molecular weight is 415 g/mol. The molecule has 0 saturated carbocycles. The van der Waals surface area contributed by atoms with Crippen molar-refractivity contribution in [3.63, 3.8) is 0 Å². The molecule has 31 heavy (non-hydrogen) atoms. The van der Waals surface area contributed by atoms with Crippen LogP contribution in [-0.2, 0) is 14.3 Å². The molecule has 1 aliphatic heterocycles. The molecule has 0 atom stereocenters. The van der Waals surface area contributed by atoms with Crippen molar-refractivity contribution in [2.45, 2.75) is 13.3 Å². The number of hydrogen-bond acceptors (Lipinski definition) is 5. The molecule has 0 fully saturated rings. The minimum atomic E-state index is -0.414. The van der Waals surface area contributed by atoms with Crippen molar-refractivity contribution in [2.75, 3.05) is 31.6 Å². The third-order valence-electron chi connectivity index (χ3n) is 4.83. The number of benzene rings is 2. The topological polar surface area (TPSA) is 90.7 Å². The molecule has 0 radical (unpaired) electrons. The largest absolute Gasteiger partial charge is 0.466 e. The first kappa shape index (κ1) is 21.6. The smallest absolute Gasteiger partial charge is 0.307 e. The zero-order valence-electron chi connectivity index (χ0n) is 17.3. The van der Waals surface area contributed by atoms with Crippen LogP contribution >= 0.6 is 0 Å². The summed E-state index contributed by atoms with van der Waals surface area (Å²) in [5.41, 5.74) is 2.76. The summed E-state index contributed by atoms with van der Waals surface area (Å²) in [6, 6.07) is 14.0. The molecule has 0 saturated heterocycles. The first-order chi connectivity index (χ1) is 14.9. The van der Waals surface area contributed by atoms with Crippen LogP contribution in [0.1, 0.15) is 40.4 Å². The number of amides is 2. The Morgan fingerprint density at radius 1 is 1.06 bits per heavy atom. The van der Waals surface area contributed by atoms with Crippen molar-refractivity contribution in [3.05, 3.63) is 64.7 Å². The quantitative estimate of drug-likeness (QED) is 0.565. The Morgan fingerprint density at radius 2 is 1.71 bits per heavy atom. The highest BCUT2D eigenvalue weighted by Gasteiger charge is 2.30. The van der Waals surface area contributed by atoms with Gasteiger partial charge in [-0.2, -0.15) is 5.26 Å². The zero-order chi connectivity index (χ0) is 22.4. The van der Waals surface area contributed by atoms with E-state index >= 15 is 0 Å². The molecule has 1 heterocycles. The Hall–Kier alpha value is -4.10. The standard InChI is InChI=1S/C24H21N3O4/c1-3-31-23(29)12-13-27-16-22(28)26(2)21-11-10-18(14-20(21)24(27)30)7-4-17-5-8-19(15-25)9-6-17/h5-6,8-11,14H,3,12-13,16H2,1-2H3. The summed E-state index contributed by atoms with van der Waals surface area (Å²) in [6.07, 6.45) is 0.0180. The molecular weight excluding hydrogens is 394 g/mol. The van der Waals surface area contributed by atoms with E-state index in [2.05, 4.69) is 17.9 Å². The molecule has 0 N–H and O–H groups in total. The van der Waals surface area contributed by atoms with Crippen LogP contribution in [-0.4, -0.2) is 49.4 Å². The van der Waals surface area contributed by atoms with Gasteiger partial charge in [-0.05, 0) is 49.4 Å². The van der Waals surface area contributed by atoms with Crippen molar-refractivity contribution < 1.29 is 19.1 Å². The third kappa shape index (κ3) is 5.09. The number of rotatable bonds is 4. The highest BCUT2D eigenvalue weighted by atomic mass is 16.5. The van der Waals surface area contributed by atoms with Crippen molar-refractivity contribution in [3.8, 4) is 17.9 Å². The molecule has 7 nitrogen and oxygen atoms in total. The fourth-order valence-corrected chi connectivity index (χ4v) is 3.14. The van der Waals surface area contributed by atoms with Crippen LogP contribution in [0.15, 0.2) is 42.5 Å². The molecule has 2 amide bonds. The molecule has 7 heteroatoms. The Bertz CT molecular complexity index is 1120. The second-order valence-electron chi connectivity index (χ2n) is 6.91. The average Bonchev–Trinajstić information content (AvgIpc) is 2.87. The maximum absolute atomic E-state index is 13.1. The van der Waals surface area contributed by atoms with Gasteiger partial charge in [0.1, 0.15) is 6.54 Å². The van der Waals surface area contributed by atoms with E-state index in [9.17, 15) is 14.4 Å². The number of anilines is 1. The number of nitrogens with zero attached hydrogens (tertiary/aromatic N) is 3. The minimum absolute atomic E-state index is 0.0180. The maximum atomic E-state index is 13.1. The maximum Gasteiger partial charge on any atom is 0.307 e. The Morgan fingerprint density at radius 3 is 2.39 bits per heavy atom. The van der Waals surface area contributed by atoms with Crippen LogP contribution in [0.2, 0.25) is 0 Å². The Labute approximate surface area is 180 Å². The summed E-state index contributed by atoms with van der Waals surface area (Å²) < 4.78 is 4.92. The predicted molar refractivity (Wildman–Crippen MR) is 114 cm³/mol. The van der Waals surface area contributed by atoms with Gasteiger partial charge in [0.05, 0.1) is 35.9 Å². The summed E-state index contributed by atoms with van der Waals surface area (Å²) in [7, 11) is 1.62. The molecule has 0 bridgehead atoms. The fraction of sp³-hybridized carbons (Fsp3) is 0.250. The van der Waals surface area contributed by atoms with Gasteiger partial charge in [0.15, 0.2) is 0 Å². The lowest BCUT2D eigenvalue weighted by molar-refractivity contribution is -0.143. The van der Waals surface area contributed by atoms with Crippen LogP contribution < -0.4 is 4.90 Å². The molecule has 0 spiro atoms. The molecule has 3 rings (SSSR count). The SMILES string of the molecule is CCOC(=O)CCN1CC(=O)N(C)c2ccc(C#Cc3ccc(C#N)cc3)cc2C1=O. The van der Waals surface area contributed by atoms with E-state index in [4.69, 9.17) is 10.00 Å². The van der Waals surface area contributed by atoms with Crippen molar-refractivity contribution in [1.82, 2.24) is 4.90 Å². The van der Waals surface area contributed by atoms with Crippen molar-refractivity contribution in [2.24, 2.45) is 0 Å². The normalized spacial score (nSPS) is 12.9. The zero-order valence-corrected chi connectivity index (χ0v) is 17.3. The summed E-state index contributed by atoms with van der Waals surface area (Å²) >= 11 is 0. The lowest BCUT2D eigenvalue weighted by atomic mass is 10.1. The monoisotopic (exact) mass is 415 g/mol. The van der Waals surface area contributed by atoms with Gasteiger partial charge in [-0.1, -0.05) is 11.8 Å². The predicted octanol–water partition coefficient (Wildman–Crippen LogP) is 2.33. The van der Waals surface area contributed by atoms with Gasteiger partial charge in [0.2, 0.25) is 5.91 Å². The van der Waals surface area contributed by atoms with Crippen LogP contribution in [0.5, 0.6) is 0 Å². The van der Waals surface area contributed by atoms with Gasteiger partial charge in [-0.15, -0.1) is 0 Å².